The molecule has 2 heterocycles. The summed E-state index contributed by atoms with van der Waals surface area (Å²) in [5.41, 5.74) is 1.79. The molecular weight excluding hydrogens is 208 g/mol. The van der Waals surface area contributed by atoms with Crippen LogP contribution in [0.15, 0.2) is 18.7 Å². The first-order valence-electron chi connectivity index (χ1n) is 4.36. The molecule has 4 nitrogen and oxygen atoms in total. The lowest BCUT2D eigenvalue weighted by atomic mass is 10.1. The van der Waals surface area contributed by atoms with Gasteiger partial charge in [-0.25, -0.2) is 4.98 Å². The fraction of sp³-hybridized carbons (Fsp3) is 0.400. The third kappa shape index (κ3) is 2.56. The van der Waals surface area contributed by atoms with Crippen LogP contribution in [0.3, 0.4) is 0 Å². The molecule has 0 aliphatic heterocycles. The first kappa shape index (κ1) is 11.7. The number of rotatable bonds is 2. The topological polar surface area (TPSA) is 51.6 Å². The monoisotopic (exact) mass is 222 g/mol. The molecule has 0 radical (unpaired) electrons. The number of nitrogens with zero attached hydrogens (tertiary/aromatic N) is 4. The van der Waals surface area contributed by atoms with Crippen molar-refractivity contribution in [1.29, 1.82) is 0 Å². The molecule has 2 aromatic rings. The SMILES string of the molecule is C.CC(C)c1cnc(-c2ncns2)cn1. The molecule has 0 N–H and O–H groups in total. The molecular formula is C10H14N4S. The molecule has 0 saturated carbocycles. The van der Waals surface area contributed by atoms with Crippen molar-refractivity contribution in [2.75, 3.05) is 0 Å². The highest BCUT2D eigenvalue weighted by Gasteiger charge is 2.05. The molecule has 0 amide bonds. The van der Waals surface area contributed by atoms with Gasteiger partial charge in [0, 0.05) is 6.20 Å². The van der Waals surface area contributed by atoms with Crippen LogP contribution in [-0.2, 0) is 0 Å². The fourth-order valence-corrected chi connectivity index (χ4v) is 1.52. The summed E-state index contributed by atoms with van der Waals surface area (Å²) in [4.78, 5) is 12.7. The van der Waals surface area contributed by atoms with Gasteiger partial charge in [-0.3, -0.25) is 9.97 Å². The summed E-state index contributed by atoms with van der Waals surface area (Å²) in [6.07, 6.45) is 5.06. The minimum Gasteiger partial charge on any atom is -0.257 e. The van der Waals surface area contributed by atoms with E-state index in [1.54, 1.807) is 12.4 Å². The van der Waals surface area contributed by atoms with Crippen molar-refractivity contribution in [2.45, 2.75) is 27.2 Å². The maximum atomic E-state index is 4.31. The molecule has 0 unspecified atom stereocenters. The second-order valence-corrected chi connectivity index (χ2v) is 4.01. The Morgan fingerprint density at radius 3 is 2.40 bits per heavy atom. The van der Waals surface area contributed by atoms with Crippen LogP contribution < -0.4 is 0 Å². The van der Waals surface area contributed by atoms with Crippen LogP contribution in [-0.4, -0.2) is 19.3 Å². The molecule has 0 atom stereocenters. The molecule has 80 valence electrons. The minimum atomic E-state index is 0. The van der Waals surface area contributed by atoms with E-state index < -0.39 is 0 Å². The van der Waals surface area contributed by atoms with Gasteiger partial charge in [-0.15, -0.1) is 0 Å². The van der Waals surface area contributed by atoms with E-state index in [1.165, 1.54) is 17.9 Å². The first-order chi connectivity index (χ1) is 6.77. The number of hydrogen-bond donors (Lipinski definition) is 0. The number of aromatic nitrogens is 4. The molecule has 0 bridgehead atoms. The maximum Gasteiger partial charge on any atom is 0.163 e. The summed E-state index contributed by atoms with van der Waals surface area (Å²) in [5, 5.41) is 0.813. The first-order valence-corrected chi connectivity index (χ1v) is 5.13. The molecule has 0 spiro atoms. The van der Waals surface area contributed by atoms with Crippen LogP contribution in [0.4, 0.5) is 0 Å². The second kappa shape index (κ2) is 4.93. The van der Waals surface area contributed by atoms with Crippen LogP contribution >= 0.6 is 11.5 Å². The summed E-state index contributed by atoms with van der Waals surface area (Å²) in [6.45, 7) is 4.18. The van der Waals surface area contributed by atoms with Gasteiger partial charge in [0.2, 0.25) is 0 Å². The van der Waals surface area contributed by atoms with Gasteiger partial charge in [0.1, 0.15) is 12.0 Å². The van der Waals surface area contributed by atoms with Crippen LogP contribution in [0.5, 0.6) is 0 Å². The van der Waals surface area contributed by atoms with Crippen molar-refractivity contribution in [3.63, 3.8) is 0 Å². The van der Waals surface area contributed by atoms with Crippen LogP contribution in [0.25, 0.3) is 10.7 Å². The Balaban J connectivity index is 0.00000112. The Morgan fingerprint density at radius 2 is 1.93 bits per heavy atom. The maximum absolute atomic E-state index is 4.31. The van der Waals surface area contributed by atoms with Gasteiger partial charge in [0.15, 0.2) is 5.01 Å². The highest BCUT2D eigenvalue weighted by molar-refractivity contribution is 7.09. The Labute approximate surface area is 93.6 Å². The van der Waals surface area contributed by atoms with Crippen LogP contribution in [0.1, 0.15) is 32.9 Å². The van der Waals surface area contributed by atoms with Gasteiger partial charge >= 0.3 is 0 Å². The predicted octanol–water partition coefficient (Wildman–Crippen LogP) is 2.75. The molecule has 5 heteroatoms. The summed E-state index contributed by atoms with van der Waals surface area (Å²) >= 11 is 1.33. The van der Waals surface area contributed by atoms with Gasteiger partial charge in [-0.05, 0) is 17.5 Å². The van der Waals surface area contributed by atoms with Gasteiger partial charge in [-0.1, -0.05) is 21.3 Å². The standard InChI is InChI=1S/C9H10N4S.CH4/c1-6(2)7-3-11-8(4-10-7)9-12-5-13-14-9;/h3-6H,1-2H3;1H4. The Morgan fingerprint density at radius 1 is 1.13 bits per heavy atom. The quantitative estimate of drug-likeness (QED) is 0.784. The third-order valence-electron chi connectivity index (χ3n) is 1.84. The summed E-state index contributed by atoms with van der Waals surface area (Å²) in [6, 6.07) is 0. The predicted molar refractivity (Wildman–Crippen MR) is 61.8 cm³/mol. The van der Waals surface area contributed by atoms with Crippen molar-refractivity contribution in [2.24, 2.45) is 0 Å². The molecule has 0 fully saturated rings. The largest absolute Gasteiger partial charge is 0.257 e. The third-order valence-corrected chi connectivity index (χ3v) is 2.53. The lowest BCUT2D eigenvalue weighted by Crippen LogP contribution is -1.94. The molecule has 15 heavy (non-hydrogen) atoms. The molecule has 2 aromatic heterocycles. The average Bonchev–Trinajstić information content (AvgIpc) is 2.71. The van der Waals surface area contributed by atoms with Crippen molar-refractivity contribution in [3.05, 3.63) is 24.4 Å². The second-order valence-electron chi connectivity index (χ2n) is 3.23. The lowest BCUT2D eigenvalue weighted by Gasteiger charge is -2.02. The van der Waals surface area contributed by atoms with Crippen molar-refractivity contribution >= 4 is 11.5 Å². The summed E-state index contributed by atoms with van der Waals surface area (Å²) < 4.78 is 3.92. The highest BCUT2D eigenvalue weighted by Crippen LogP contribution is 2.17. The summed E-state index contributed by atoms with van der Waals surface area (Å²) in [7, 11) is 0. The van der Waals surface area contributed by atoms with E-state index in [0.29, 0.717) is 5.92 Å². The normalized spacial score (nSPS) is 10.1. The fourth-order valence-electron chi connectivity index (χ4n) is 1.03. The van der Waals surface area contributed by atoms with E-state index in [2.05, 4.69) is 33.2 Å². The summed E-state index contributed by atoms with van der Waals surface area (Å²) in [5.74, 6) is 0.408. The highest BCUT2D eigenvalue weighted by atomic mass is 32.1. The van der Waals surface area contributed by atoms with Crippen LogP contribution in [0, 0.1) is 0 Å². The zero-order chi connectivity index (χ0) is 9.97. The van der Waals surface area contributed by atoms with Crippen LogP contribution in [0.2, 0.25) is 0 Å². The van der Waals surface area contributed by atoms with Gasteiger partial charge < -0.3 is 0 Å². The van der Waals surface area contributed by atoms with E-state index >= 15 is 0 Å². The van der Waals surface area contributed by atoms with E-state index in [-0.39, 0.29) is 7.43 Å². The Bertz CT molecular complexity index is 394. The van der Waals surface area contributed by atoms with E-state index in [0.717, 1.165) is 16.4 Å². The van der Waals surface area contributed by atoms with Gasteiger partial charge in [0.25, 0.3) is 0 Å². The molecule has 0 aliphatic rings. The lowest BCUT2D eigenvalue weighted by molar-refractivity contribution is 0.813. The zero-order valence-electron chi connectivity index (χ0n) is 8.01. The number of hydrogen-bond acceptors (Lipinski definition) is 5. The van der Waals surface area contributed by atoms with E-state index in [9.17, 15) is 0 Å². The van der Waals surface area contributed by atoms with E-state index in [1.807, 2.05) is 0 Å². The molecule has 0 saturated heterocycles. The Kier molecular flexibility index (Phi) is 3.85. The van der Waals surface area contributed by atoms with E-state index in [4.69, 9.17) is 0 Å². The molecule has 0 aromatic carbocycles. The van der Waals surface area contributed by atoms with Gasteiger partial charge in [0.05, 0.1) is 11.9 Å². The van der Waals surface area contributed by atoms with Crippen molar-refractivity contribution in [1.82, 2.24) is 19.3 Å². The smallest absolute Gasteiger partial charge is 0.163 e. The van der Waals surface area contributed by atoms with Crippen molar-refractivity contribution in [3.8, 4) is 10.7 Å². The zero-order valence-corrected chi connectivity index (χ0v) is 8.82. The minimum absolute atomic E-state index is 0. The molecule has 0 aliphatic carbocycles. The van der Waals surface area contributed by atoms with Gasteiger partial charge in [-0.2, -0.15) is 4.37 Å². The average molecular weight is 222 g/mol. The molecule has 2 rings (SSSR count). The Hall–Kier alpha value is -1.36. The van der Waals surface area contributed by atoms with Crippen molar-refractivity contribution < 1.29 is 0 Å².